The van der Waals surface area contributed by atoms with Crippen LogP contribution in [0.3, 0.4) is 0 Å². The molecule has 0 amide bonds. The zero-order valence-corrected chi connectivity index (χ0v) is 10.8. The molecule has 0 aliphatic rings. The molecule has 3 nitrogen and oxygen atoms in total. The van der Waals surface area contributed by atoms with Crippen molar-refractivity contribution >= 4 is 17.2 Å². The molecule has 0 fully saturated rings. The Balaban J connectivity index is 0.000000771. The molecule has 18 heavy (non-hydrogen) atoms. The molecule has 0 atom stereocenters. The number of pyridine rings is 1. The number of aromatic nitrogens is 3. The van der Waals surface area contributed by atoms with Crippen molar-refractivity contribution < 1.29 is 8.78 Å². The van der Waals surface area contributed by atoms with Gasteiger partial charge in [-0.2, -0.15) is 0 Å². The predicted molar refractivity (Wildman–Crippen MR) is 69.7 cm³/mol. The highest BCUT2D eigenvalue weighted by Crippen LogP contribution is 2.16. The number of hydrogen-bond donors (Lipinski definition) is 0. The number of fused-ring (bicyclic) bond motifs is 1. The SMILES string of the molecule is C=Cc1ccc2nc(C)n(CC(F)F)c2n1.CC. The third-order valence-electron chi connectivity index (χ3n) is 2.33. The maximum atomic E-state index is 12.4. The molecule has 0 spiro atoms. The normalized spacial score (nSPS) is 10.3. The number of nitrogens with zero attached hydrogens (tertiary/aromatic N) is 3. The van der Waals surface area contributed by atoms with Gasteiger partial charge in [0.15, 0.2) is 5.65 Å². The average Bonchev–Trinajstić information content (AvgIpc) is 2.67. The standard InChI is InChI=1S/C11H11F2N3.C2H6/c1-3-8-4-5-9-11(15-8)16(6-10(12)13)7(2)14-9;1-2/h3-5,10H,1,6H2,2H3;1-2H3. The highest BCUT2D eigenvalue weighted by Gasteiger charge is 2.12. The van der Waals surface area contributed by atoms with Crippen molar-refractivity contribution in [1.82, 2.24) is 14.5 Å². The molecule has 2 aromatic rings. The minimum absolute atomic E-state index is 0.379. The molecular weight excluding hydrogens is 236 g/mol. The van der Waals surface area contributed by atoms with Crippen molar-refractivity contribution in [3.05, 3.63) is 30.2 Å². The third kappa shape index (κ3) is 2.91. The van der Waals surface area contributed by atoms with Crippen molar-refractivity contribution in [1.29, 1.82) is 0 Å². The molecule has 0 aliphatic carbocycles. The van der Waals surface area contributed by atoms with E-state index in [4.69, 9.17) is 0 Å². The highest BCUT2D eigenvalue weighted by atomic mass is 19.3. The Morgan fingerprint density at radius 3 is 2.56 bits per heavy atom. The Hall–Kier alpha value is -1.78. The Kier molecular flexibility index (Phi) is 4.95. The monoisotopic (exact) mass is 253 g/mol. The van der Waals surface area contributed by atoms with E-state index in [1.165, 1.54) is 4.57 Å². The topological polar surface area (TPSA) is 30.7 Å². The summed E-state index contributed by atoms with van der Waals surface area (Å²) < 4.78 is 26.2. The van der Waals surface area contributed by atoms with E-state index in [-0.39, 0.29) is 6.54 Å². The lowest BCUT2D eigenvalue weighted by Crippen LogP contribution is -2.08. The minimum atomic E-state index is -2.41. The van der Waals surface area contributed by atoms with Crippen LogP contribution in [-0.2, 0) is 6.54 Å². The molecule has 0 N–H and O–H groups in total. The second-order valence-corrected chi connectivity index (χ2v) is 3.44. The first-order valence-electron chi connectivity index (χ1n) is 5.86. The summed E-state index contributed by atoms with van der Waals surface area (Å²) in [5, 5.41) is 0. The van der Waals surface area contributed by atoms with Crippen molar-refractivity contribution in [3.8, 4) is 0 Å². The maximum Gasteiger partial charge on any atom is 0.256 e. The Morgan fingerprint density at radius 1 is 1.33 bits per heavy atom. The molecule has 0 saturated heterocycles. The van der Waals surface area contributed by atoms with E-state index < -0.39 is 6.43 Å². The minimum Gasteiger partial charge on any atom is -0.307 e. The van der Waals surface area contributed by atoms with Gasteiger partial charge in [0.25, 0.3) is 6.43 Å². The highest BCUT2D eigenvalue weighted by molar-refractivity contribution is 5.73. The predicted octanol–water partition coefficient (Wildman–Crippen LogP) is 3.67. The quantitative estimate of drug-likeness (QED) is 0.835. The van der Waals surface area contributed by atoms with Crippen LogP contribution < -0.4 is 0 Å². The summed E-state index contributed by atoms with van der Waals surface area (Å²) in [5.41, 5.74) is 1.77. The van der Waals surface area contributed by atoms with Crippen LogP contribution in [0.5, 0.6) is 0 Å². The summed E-state index contributed by atoms with van der Waals surface area (Å²) in [7, 11) is 0. The smallest absolute Gasteiger partial charge is 0.256 e. The molecule has 98 valence electrons. The number of hydrogen-bond acceptors (Lipinski definition) is 2. The van der Waals surface area contributed by atoms with Crippen LogP contribution in [0.15, 0.2) is 18.7 Å². The van der Waals surface area contributed by atoms with E-state index in [1.54, 1.807) is 25.1 Å². The van der Waals surface area contributed by atoms with E-state index >= 15 is 0 Å². The van der Waals surface area contributed by atoms with Gasteiger partial charge in [-0.1, -0.05) is 20.4 Å². The van der Waals surface area contributed by atoms with Gasteiger partial charge in [0.1, 0.15) is 11.3 Å². The second kappa shape index (κ2) is 6.23. The van der Waals surface area contributed by atoms with Crippen molar-refractivity contribution in [2.75, 3.05) is 0 Å². The van der Waals surface area contributed by atoms with Crippen LogP contribution in [0.4, 0.5) is 8.78 Å². The summed E-state index contributed by atoms with van der Waals surface area (Å²) in [4.78, 5) is 8.39. The summed E-state index contributed by atoms with van der Waals surface area (Å²) in [5.74, 6) is 0.545. The largest absolute Gasteiger partial charge is 0.307 e. The van der Waals surface area contributed by atoms with Crippen molar-refractivity contribution in [3.63, 3.8) is 0 Å². The van der Waals surface area contributed by atoms with Gasteiger partial charge in [0.2, 0.25) is 0 Å². The Morgan fingerprint density at radius 2 is 2.00 bits per heavy atom. The first-order chi connectivity index (χ1) is 8.61. The van der Waals surface area contributed by atoms with E-state index in [0.29, 0.717) is 22.7 Å². The first kappa shape index (κ1) is 14.3. The fraction of sp³-hybridized carbons (Fsp3) is 0.385. The summed E-state index contributed by atoms with van der Waals surface area (Å²) in [6.45, 7) is 8.91. The number of imidazole rings is 1. The molecule has 0 aromatic carbocycles. The van der Waals surface area contributed by atoms with Gasteiger partial charge in [0.05, 0.1) is 12.2 Å². The molecule has 0 aliphatic heterocycles. The molecule has 0 saturated carbocycles. The van der Waals surface area contributed by atoms with Gasteiger partial charge in [-0.25, -0.2) is 18.7 Å². The van der Waals surface area contributed by atoms with E-state index in [2.05, 4.69) is 16.5 Å². The Labute approximate surface area is 105 Å². The van der Waals surface area contributed by atoms with Gasteiger partial charge in [-0.05, 0) is 25.1 Å². The van der Waals surface area contributed by atoms with Crippen LogP contribution in [-0.4, -0.2) is 21.0 Å². The Bertz CT molecular complexity index is 532. The van der Waals surface area contributed by atoms with Gasteiger partial charge >= 0.3 is 0 Å². The number of alkyl halides is 2. The molecule has 0 unspecified atom stereocenters. The molecule has 0 bridgehead atoms. The average molecular weight is 253 g/mol. The van der Waals surface area contributed by atoms with E-state index in [1.807, 2.05) is 13.8 Å². The molecule has 2 rings (SSSR count). The lowest BCUT2D eigenvalue weighted by Gasteiger charge is -2.04. The van der Waals surface area contributed by atoms with Crippen LogP contribution in [0.25, 0.3) is 17.2 Å². The first-order valence-corrected chi connectivity index (χ1v) is 5.86. The number of aryl methyl sites for hydroxylation is 1. The van der Waals surface area contributed by atoms with Crippen molar-refractivity contribution in [2.45, 2.75) is 33.7 Å². The van der Waals surface area contributed by atoms with Gasteiger partial charge < -0.3 is 4.57 Å². The van der Waals surface area contributed by atoms with Crippen molar-refractivity contribution in [2.24, 2.45) is 0 Å². The van der Waals surface area contributed by atoms with Crippen LogP contribution >= 0.6 is 0 Å². The molecule has 2 aromatic heterocycles. The van der Waals surface area contributed by atoms with Gasteiger partial charge in [0, 0.05) is 0 Å². The molecule has 0 radical (unpaired) electrons. The van der Waals surface area contributed by atoms with Gasteiger partial charge in [-0.15, -0.1) is 0 Å². The fourth-order valence-electron chi connectivity index (χ4n) is 1.60. The van der Waals surface area contributed by atoms with Crippen LogP contribution in [0, 0.1) is 6.92 Å². The number of halogens is 2. The van der Waals surface area contributed by atoms with E-state index in [9.17, 15) is 8.78 Å². The maximum absolute atomic E-state index is 12.4. The molecule has 5 heteroatoms. The fourth-order valence-corrected chi connectivity index (χ4v) is 1.60. The zero-order valence-electron chi connectivity index (χ0n) is 10.8. The van der Waals surface area contributed by atoms with Gasteiger partial charge in [-0.3, -0.25) is 0 Å². The third-order valence-corrected chi connectivity index (χ3v) is 2.33. The number of rotatable bonds is 3. The lowest BCUT2D eigenvalue weighted by molar-refractivity contribution is 0.127. The summed E-state index contributed by atoms with van der Waals surface area (Å²) in [6, 6.07) is 3.52. The van der Waals surface area contributed by atoms with Crippen LogP contribution in [0.1, 0.15) is 25.4 Å². The second-order valence-electron chi connectivity index (χ2n) is 3.44. The molecular formula is C13H17F2N3. The zero-order chi connectivity index (χ0) is 13.7. The van der Waals surface area contributed by atoms with Crippen LogP contribution in [0.2, 0.25) is 0 Å². The summed E-state index contributed by atoms with van der Waals surface area (Å²) in [6.07, 6.45) is -0.834. The summed E-state index contributed by atoms with van der Waals surface area (Å²) >= 11 is 0. The van der Waals surface area contributed by atoms with E-state index in [0.717, 1.165) is 0 Å². The molecule has 2 heterocycles. The lowest BCUT2D eigenvalue weighted by atomic mass is 10.3.